The number of hydrogen-bond acceptors (Lipinski definition) is 2. The largest absolute Gasteiger partial charge is 0.399 e. The molecule has 0 spiro atoms. The number of nitrogen functional groups attached to an aromatic ring is 1. The molecular formula is C16H15FN2O. The maximum atomic E-state index is 13.3. The lowest BCUT2D eigenvalue weighted by Gasteiger charge is -2.29. The molecule has 2 N–H and O–H groups in total. The van der Waals surface area contributed by atoms with Crippen LogP contribution in [0.3, 0.4) is 0 Å². The lowest BCUT2D eigenvalue weighted by Crippen LogP contribution is -2.35. The zero-order valence-corrected chi connectivity index (χ0v) is 11.0. The molecule has 0 atom stereocenters. The summed E-state index contributed by atoms with van der Waals surface area (Å²) in [4.78, 5) is 14.3. The summed E-state index contributed by atoms with van der Waals surface area (Å²) < 4.78 is 13.3. The Labute approximate surface area is 116 Å². The Bertz CT molecular complexity index is 652. The fraction of sp³-hybridized carbons (Fsp3) is 0.188. The molecule has 20 heavy (non-hydrogen) atoms. The van der Waals surface area contributed by atoms with Gasteiger partial charge in [0.05, 0.1) is 0 Å². The smallest absolute Gasteiger partial charge is 0.258 e. The minimum atomic E-state index is -0.259. The minimum absolute atomic E-state index is 0.0717. The molecule has 3 nitrogen and oxygen atoms in total. The molecule has 1 aliphatic rings. The fourth-order valence-electron chi connectivity index (χ4n) is 2.56. The molecule has 0 saturated carbocycles. The van der Waals surface area contributed by atoms with Gasteiger partial charge in [-0.25, -0.2) is 4.39 Å². The summed E-state index contributed by atoms with van der Waals surface area (Å²) in [6, 6.07) is 11.4. The summed E-state index contributed by atoms with van der Waals surface area (Å²) in [5.41, 5.74) is 8.55. The molecule has 2 aromatic rings. The zero-order chi connectivity index (χ0) is 14.1. The van der Waals surface area contributed by atoms with Crippen LogP contribution in [-0.4, -0.2) is 12.5 Å². The van der Waals surface area contributed by atoms with E-state index in [0.29, 0.717) is 17.8 Å². The molecule has 3 rings (SSSR count). The molecule has 2 aromatic carbocycles. The molecule has 0 aromatic heterocycles. The van der Waals surface area contributed by atoms with Crippen LogP contribution in [-0.2, 0) is 6.42 Å². The Balaban J connectivity index is 1.96. The number of hydrogen-bond donors (Lipinski definition) is 1. The number of carbonyl (C=O) groups is 1. The number of halogens is 1. The molecule has 102 valence electrons. The Kier molecular flexibility index (Phi) is 3.14. The third kappa shape index (κ3) is 2.25. The molecule has 0 radical (unpaired) electrons. The number of anilines is 2. The van der Waals surface area contributed by atoms with E-state index in [-0.39, 0.29) is 11.7 Å². The van der Waals surface area contributed by atoms with Crippen LogP contribution in [0.25, 0.3) is 0 Å². The van der Waals surface area contributed by atoms with Crippen molar-refractivity contribution in [2.75, 3.05) is 17.2 Å². The van der Waals surface area contributed by atoms with Gasteiger partial charge < -0.3 is 10.6 Å². The predicted octanol–water partition coefficient (Wildman–Crippen LogP) is 3.00. The highest BCUT2D eigenvalue weighted by Gasteiger charge is 2.23. The number of fused-ring (bicyclic) bond motifs is 1. The summed E-state index contributed by atoms with van der Waals surface area (Å²) in [7, 11) is 0. The fourth-order valence-corrected chi connectivity index (χ4v) is 2.56. The summed E-state index contributed by atoms with van der Waals surface area (Å²) in [6.45, 7) is 0.655. The summed E-state index contributed by atoms with van der Waals surface area (Å²) in [5.74, 6) is -0.330. The third-order valence-electron chi connectivity index (χ3n) is 3.56. The van der Waals surface area contributed by atoms with Gasteiger partial charge in [-0.2, -0.15) is 0 Å². The number of carbonyl (C=O) groups excluding carboxylic acids is 1. The van der Waals surface area contributed by atoms with Crippen LogP contribution >= 0.6 is 0 Å². The van der Waals surface area contributed by atoms with Gasteiger partial charge in [0.1, 0.15) is 5.82 Å². The molecule has 1 aliphatic heterocycles. The van der Waals surface area contributed by atoms with Crippen LogP contribution in [0, 0.1) is 5.82 Å². The lowest BCUT2D eigenvalue weighted by molar-refractivity contribution is 0.0985. The molecule has 0 unspecified atom stereocenters. The molecule has 0 saturated heterocycles. The van der Waals surface area contributed by atoms with Crippen LogP contribution in [0.4, 0.5) is 15.8 Å². The zero-order valence-electron chi connectivity index (χ0n) is 11.0. The average molecular weight is 270 g/mol. The van der Waals surface area contributed by atoms with Crippen molar-refractivity contribution in [2.45, 2.75) is 12.8 Å². The Morgan fingerprint density at radius 3 is 2.65 bits per heavy atom. The van der Waals surface area contributed by atoms with E-state index < -0.39 is 0 Å². The summed E-state index contributed by atoms with van der Waals surface area (Å²) >= 11 is 0. The molecule has 1 heterocycles. The first-order valence-corrected chi connectivity index (χ1v) is 6.61. The van der Waals surface area contributed by atoms with Crippen molar-refractivity contribution in [3.8, 4) is 0 Å². The Hall–Kier alpha value is -2.36. The van der Waals surface area contributed by atoms with Gasteiger partial charge in [-0.3, -0.25) is 4.79 Å². The van der Waals surface area contributed by atoms with E-state index in [9.17, 15) is 9.18 Å². The van der Waals surface area contributed by atoms with Gasteiger partial charge in [-0.1, -0.05) is 0 Å². The molecular weight excluding hydrogens is 255 g/mol. The van der Waals surface area contributed by atoms with Crippen molar-refractivity contribution in [1.29, 1.82) is 0 Å². The molecule has 0 aliphatic carbocycles. The topological polar surface area (TPSA) is 46.3 Å². The van der Waals surface area contributed by atoms with Crippen LogP contribution in [0.5, 0.6) is 0 Å². The van der Waals surface area contributed by atoms with Gasteiger partial charge in [0.2, 0.25) is 0 Å². The quantitative estimate of drug-likeness (QED) is 0.810. The van der Waals surface area contributed by atoms with Crippen LogP contribution in [0.15, 0.2) is 42.5 Å². The highest BCUT2D eigenvalue weighted by atomic mass is 19.1. The van der Waals surface area contributed by atoms with Crippen molar-refractivity contribution in [2.24, 2.45) is 0 Å². The first-order valence-electron chi connectivity index (χ1n) is 6.61. The van der Waals surface area contributed by atoms with E-state index in [2.05, 4.69) is 0 Å². The van der Waals surface area contributed by atoms with Gasteiger partial charge in [-0.05, 0) is 60.9 Å². The van der Waals surface area contributed by atoms with E-state index in [1.54, 1.807) is 35.2 Å². The molecule has 4 heteroatoms. The standard InChI is InChI=1S/C16H15FN2O/c17-13-5-8-15-12(10-13)2-1-9-19(15)16(20)11-3-6-14(18)7-4-11/h3-8,10H,1-2,9,18H2. The van der Waals surface area contributed by atoms with Crippen molar-refractivity contribution >= 4 is 17.3 Å². The minimum Gasteiger partial charge on any atom is -0.399 e. The van der Waals surface area contributed by atoms with E-state index in [4.69, 9.17) is 5.73 Å². The predicted molar refractivity (Wildman–Crippen MR) is 77.3 cm³/mol. The molecule has 0 fully saturated rings. The van der Waals surface area contributed by atoms with Gasteiger partial charge >= 0.3 is 0 Å². The second kappa shape index (κ2) is 4.96. The van der Waals surface area contributed by atoms with Crippen LogP contribution in [0.1, 0.15) is 22.3 Å². The van der Waals surface area contributed by atoms with E-state index in [1.807, 2.05) is 0 Å². The first-order chi connectivity index (χ1) is 9.65. The van der Waals surface area contributed by atoms with Crippen molar-refractivity contribution < 1.29 is 9.18 Å². The van der Waals surface area contributed by atoms with Gasteiger partial charge in [0.25, 0.3) is 5.91 Å². The van der Waals surface area contributed by atoms with Crippen molar-refractivity contribution in [3.63, 3.8) is 0 Å². The van der Waals surface area contributed by atoms with E-state index in [1.165, 1.54) is 12.1 Å². The van der Waals surface area contributed by atoms with Gasteiger partial charge in [-0.15, -0.1) is 0 Å². The monoisotopic (exact) mass is 270 g/mol. The maximum absolute atomic E-state index is 13.3. The van der Waals surface area contributed by atoms with E-state index >= 15 is 0 Å². The Morgan fingerprint density at radius 1 is 1.15 bits per heavy atom. The number of amides is 1. The molecule has 0 bridgehead atoms. The number of nitrogens with zero attached hydrogens (tertiary/aromatic N) is 1. The number of benzene rings is 2. The lowest BCUT2D eigenvalue weighted by atomic mass is 10.0. The van der Waals surface area contributed by atoms with Crippen molar-refractivity contribution in [3.05, 3.63) is 59.4 Å². The van der Waals surface area contributed by atoms with Crippen LogP contribution in [0.2, 0.25) is 0 Å². The number of aryl methyl sites for hydroxylation is 1. The summed E-state index contributed by atoms with van der Waals surface area (Å²) in [6.07, 6.45) is 1.65. The third-order valence-corrected chi connectivity index (χ3v) is 3.56. The normalized spacial score (nSPS) is 13.9. The van der Waals surface area contributed by atoms with Crippen LogP contribution < -0.4 is 10.6 Å². The molecule has 1 amide bonds. The second-order valence-corrected chi connectivity index (χ2v) is 4.96. The summed E-state index contributed by atoms with van der Waals surface area (Å²) in [5, 5.41) is 0. The van der Waals surface area contributed by atoms with Gasteiger partial charge in [0.15, 0.2) is 0 Å². The maximum Gasteiger partial charge on any atom is 0.258 e. The van der Waals surface area contributed by atoms with Gasteiger partial charge in [0, 0.05) is 23.5 Å². The average Bonchev–Trinajstić information content (AvgIpc) is 2.46. The first kappa shape index (κ1) is 12.7. The highest BCUT2D eigenvalue weighted by molar-refractivity contribution is 6.06. The highest BCUT2D eigenvalue weighted by Crippen LogP contribution is 2.29. The van der Waals surface area contributed by atoms with Crippen molar-refractivity contribution in [1.82, 2.24) is 0 Å². The number of nitrogens with two attached hydrogens (primary N) is 1. The second-order valence-electron chi connectivity index (χ2n) is 4.96. The SMILES string of the molecule is Nc1ccc(C(=O)N2CCCc3cc(F)ccc32)cc1. The number of rotatable bonds is 1. The van der Waals surface area contributed by atoms with E-state index in [0.717, 1.165) is 24.1 Å². The Morgan fingerprint density at radius 2 is 1.90 bits per heavy atom.